The maximum atomic E-state index is 12.6. The average molecular weight is 1100 g/mol. The van der Waals surface area contributed by atoms with Crippen LogP contribution in [0.2, 0.25) is 0 Å². The largest absolute Gasteiger partial charge is 0.744 e. The first-order valence-corrected chi connectivity index (χ1v) is 29.6. The molecule has 4 aromatic rings. The Bertz CT molecular complexity index is 3600. The van der Waals surface area contributed by atoms with Gasteiger partial charge in [-0.2, -0.15) is 38.2 Å². The second kappa shape index (κ2) is 21.0. The summed E-state index contributed by atoms with van der Waals surface area (Å²) in [5, 5.41) is 9.23. The van der Waals surface area contributed by atoms with E-state index >= 15 is 0 Å². The Balaban J connectivity index is 1.46. The molecule has 0 saturated heterocycles. The average Bonchev–Trinajstić information content (AvgIpc) is 3.65. The number of anilines is 1. The van der Waals surface area contributed by atoms with Crippen LogP contribution < -0.4 is 4.90 Å². The van der Waals surface area contributed by atoms with Crippen LogP contribution >= 0.6 is 0 Å². The van der Waals surface area contributed by atoms with Crippen LogP contribution in [0, 0.1) is 0 Å². The minimum absolute atomic E-state index is 0.0253. The van der Waals surface area contributed by atoms with Gasteiger partial charge in [0.1, 0.15) is 21.6 Å². The summed E-state index contributed by atoms with van der Waals surface area (Å²) < 4.78 is 184. The van der Waals surface area contributed by atoms with E-state index in [0.717, 1.165) is 6.07 Å². The number of aliphatic carboxylic acids is 1. The van der Waals surface area contributed by atoms with Crippen LogP contribution in [0.15, 0.2) is 116 Å². The molecule has 0 aromatic heterocycles. The first kappa shape index (κ1) is 56.1. The molecule has 6 rings (SSSR count). The molecule has 2 unspecified atom stereocenters. The van der Waals surface area contributed by atoms with Gasteiger partial charge in [0.05, 0.1) is 25.9 Å². The van der Waals surface area contributed by atoms with Gasteiger partial charge in [0.2, 0.25) is 5.69 Å². The maximum absolute atomic E-state index is 12.6. The monoisotopic (exact) mass is 1090 g/mol. The van der Waals surface area contributed by atoms with Crippen LogP contribution in [0.3, 0.4) is 0 Å². The number of methoxy groups -OCH3 is 1. The van der Waals surface area contributed by atoms with Crippen molar-refractivity contribution >= 4 is 95.2 Å². The molecule has 390 valence electrons. The van der Waals surface area contributed by atoms with Crippen molar-refractivity contribution in [1.29, 1.82) is 0 Å². The number of benzene rings is 4. The summed E-state index contributed by atoms with van der Waals surface area (Å²) in [6.07, 6.45) is 13.3. The van der Waals surface area contributed by atoms with Crippen LogP contribution in [0.1, 0.15) is 76.8 Å². The zero-order valence-electron chi connectivity index (χ0n) is 39.4. The number of ether oxygens (including phenoxy) is 1. The molecule has 0 saturated carbocycles. The molecule has 72 heavy (non-hydrogen) atoms. The second-order valence-corrected chi connectivity index (χ2v) is 24.9. The topological polar surface area (TPSA) is 327 Å². The summed E-state index contributed by atoms with van der Waals surface area (Å²) >= 11 is 0. The van der Waals surface area contributed by atoms with E-state index in [4.69, 9.17) is 4.74 Å². The van der Waals surface area contributed by atoms with Crippen molar-refractivity contribution in [2.45, 2.75) is 96.1 Å². The number of hydrogen-bond donors (Lipinski definition) is 5. The molecule has 2 heterocycles. The minimum Gasteiger partial charge on any atom is -0.744 e. The van der Waals surface area contributed by atoms with Crippen molar-refractivity contribution < 1.29 is 84.1 Å². The van der Waals surface area contributed by atoms with Gasteiger partial charge < -0.3 is 19.3 Å². The number of unbranched alkanes of at least 4 members (excludes halogenated alkanes) is 2. The highest BCUT2D eigenvalue weighted by Gasteiger charge is 2.49. The molecule has 0 spiro atoms. The second-order valence-electron chi connectivity index (χ2n) is 17.8. The number of carbonyl (C=O) groups is 1. The molecule has 0 bridgehead atoms. The predicted octanol–water partition coefficient (Wildman–Crippen LogP) is 6.69. The summed E-state index contributed by atoms with van der Waals surface area (Å²) in [7, 11) is -23.3. The van der Waals surface area contributed by atoms with Gasteiger partial charge in [-0.3, -0.25) is 23.0 Å². The maximum Gasteiger partial charge on any atom is 0.303 e. The van der Waals surface area contributed by atoms with E-state index in [2.05, 4.69) is 0 Å². The van der Waals surface area contributed by atoms with Gasteiger partial charge in [-0.05, 0) is 117 Å². The van der Waals surface area contributed by atoms with E-state index in [1.807, 2.05) is 29.4 Å². The van der Waals surface area contributed by atoms with Crippen LogP contribution in [0.4, 0.5) is 11.4 Å². The highest BCUT2D eigenvalue weighted by molar-refractivity contribution is 7.87. The fourth-order valence-electron chi connectivity index (χ4n) is 9.93. The SMILES string of the molecule is CC[N+]1=C(/C=C/C=C/C=C/C=C2/N(CCCCCC(=O)O)c3ccc4c(S(=O)(=O)[O-])cc(S(=O)(=O)O)cc4c3C2(C)CCCS(=O)(=O)O)C(C)(CCOC)c2c1ccc1c(S(=O)(=O)O)cc(S(=O)(=O)O)cc21. The Morgan fingerprint density at radius 1 is 0.694 bits per heavy atom. The highest BCUT2D eigenvalue weighted by atomic mass is 32.2. The third-order valence-corrected chi connectivity index (χ3v) is 17.3. The summed E-state index contributed by atoms with van der Waals surface area (Å²) in [6.45, 7) is 6.33. The molecule has 20 nitrogen and oxygen atoms in total. The van der Waals surface area contributed by atoms with Crippen molar-refractivity contribution in [2.24, 2.45) is 0 Å². The molecular formula is C47H54N2O18S5. The molecule has 0 amide bonds. The molecule has 5 N–H and O–H groups in total. The fourth-order valence-corrected chi connectivity index (χ4v) is 13.1. The Labute approximate surface area is 418 Å². The predicted molar refractivity (Wildman–Crippen MR) is 267 cm³/mol. The van der Waals surface area contributed by atoms with Crippen LogP contribution in [0.25, 0.3) is 21.5 Å². The first-order chi connectivity index (χ1) is 33.4. The standard InChI is InChI=1S/C47H54N2O18S5/c1-5-48-37-20-18-33-35(27-31(69(55,56)57)29-39(33)71(61,62)63)44(37)47(3,23-25-67-4)41(48)15-10-7-6-8-11-16-42-46(2,22-14-26-68(52,53)54)45-36-28-32(70(58,59)60)30-40(72(64,65)66)34(36)19-21-38(45)49(42)24-13-9-12-17-43(50)51/h6-8,10-11,15-16,18-21,27-30H,5,9,12-14,17,22-26H2,1-4H3,(H5-,50,51,52,53,54,55,56,57,58,59,60,61,62,63,64,65,66). The molecule has 2 atom stereocenters. The molecule has 0 radical (unpaired) electrons. The van der Waals surface area contributed by atoms with Crippen LogP contribution in [-0.2, 0) is 71.0 Å². The molecule has 25 heteroatoms. The summed E-state index contributed by atoms with van der Waals surface area (Å²) in [4.78, 5) is 9.89. The Morgan fingerprint density at radius 2 is 1.28 bits per heavy atom. The van der Waals surface area contributed by atoms with Crippen molar-refractivity contribution in [3.8, 4) is 0 Å². The Hall–Kier alpha value is -5.19. The molecule has 2 aliphatic heterocycles. The van der Waals surface area contributed by atoms with Gasteiger partial charge in [-0.1, -0.05) is 42.9 Å². The highest BCUT2D eigenvalue weighted by Crippen LogP contribution is 2.54. The lowest BCUT2D eigenvalue weighted by atomic mass is 9.75. The molecular weight excluding hydrogens is 1040 g/mol. The van der Waals surface area contributed by atoms with Gasteiger partial charge in [0, 0.05) is 66.6 Å². The van der Waals surface area contributed by atoms with Gasteiger partial charge in [0.15, 0.2) is 5.71 Å². The smallest absolute Gasteiger partial charge is 0.303 e. The normalized spacial score (nSPS) is 19.6. The lowest BCUT2D eigenvalue weighted by Gasteiger charge is -2.31. The van der Waals surface area contributed by atoms with Gasteiger partial charge >= 0.3 is 5.97 Å². The van der Waals surface area contributed by atoms with Crippen molar-refractivity contribution in [3.63, 3.8) is 0 Å². The summed E-state index contributed by atoms with van der Waals surface area (Å²) in [5.41, 5.74) is 0.858. The number of hydrogen-bond acceptors (Lipinski definition) is 14. The third-order valence-electron chi connectivity index (χ3n) is 13.1. The molecule has 0 aliphatic carbocycles. The van der Waals surface area contributed by atoms with E-state index in [-0.39, 0.29) is 54.0 Å². The van der Waals surface area contributed by atoms with Crippen molar-refractivity contribution in [1.82, 2.24) is 0 Å². The number of rotatable bonds is 22. The molecule has 2 aliphatic rings. The Kier molecular flexibility index (Phi) is 16.3. The van der Waals surface area contributed by atoms with E-state index in [1.54, 1.807) is 49.4 Å². The first-order valence-electron chi connectivity index (χ1n) is 22.3. The summed E-state index contributed by atoms with van der Waals surface area (Å²) in [6, 6.07) is 9.44. The fraction of sp³-hybridized carbons (Fsp3) is 0.362. The van der Waals surface area contributed by atoms with E-state index in [1.165, 1.54) is 31.4 Å². The van der Waals surface area contributed by atoms with Gasteiger partial charge in [-0.15, -0.1) is 0 Å². The van der Waals surface area contributed by atoms with Gasteiger partial charge in [-0.25, -0.2) is 8.42 Å². The van der Waals surface area contributed by atoms with E-state index < -0.39 is 92.7 Å². The van der Waals surface area contributed by atoms with E-state index in [9.17, 15) is 74.8 Å². The van der Waals surface area contributed by atoms with E-state index in [0.29, 0.717) is 78.3 Å². The lowest BCUT2D eigenvalue weighted by molar-refractivity contribution is -0.433. The number of carboxylic acids is 1. The molecule has 0 fully saturated rings. The number of nitrogens with zero attached hydrogens (tertiary/aromatic N) is 2. The summed E-state index contributed by atoms with van der Waals surface area (Å²) in [5.74, 6) is -1.66. The third kappa shape index (κ3) is 11.8. The van der Waals surface area contributed by atoms with Crippen LogP contribution in [-0.4, -0.2) is 119 Å². The zero-order valence-corrected chi connectivity index (χ0v) is 43.5. The minimum atomic E-state index is -5.34. The molecule has 4 aromatic carbocycles. The number of carboxylic acid groups (broad SMARTS) is 1. The van der Waals surface area contributed by atoms with Crippen molar-refractivity contribution in [3.05, 3.63) is 108 Å². The van der Waals surface area contributed by atoms with Gasteiger partial charge in [0.25, 0.3) is 40.5 Å². The quantitative estimate of drug-likeness (QED) is 0.0237. The Morgan fingerprint density at radius 3 is 1.85 bits per heavy atom. The lowest BCUT2D eigenvalue weighted by Crippen LogP contribution is -2.32. The number of allylic oxidation sites excluding steroid dienone is 8. The number of fused-ring (bicyclic) bond motifs is 6. The van der Waals surface area contributed by atoms with Crippen LogP contribution in [0.5, 0.6) is 0 Å². The zero-order chi connectivity index (χ0) is 53.4. The van der Waals surface area contributed by atoms with Crippen molar-refractivity contribution in [2.75, 3.05) is 37.5 Å².